The van der Waals surface area contributed by atoms with Gasteiger partial charge < -0.3 is 4.74 Å². The number of anilines is 1. The summed E-state index contributed by atoms with van der Waals surface area (Å²) in [7, 11) is -2.57. The van der Waals surface area contributed by atoms with E-state index in [0.29, 0.717) is 5.69 Å². The van der Waals surface area contributed by atoms with Crippen LogP contribution >= 0.6 is 11.3 Å². The van der Waals surface area contributed by atoms with E-state index in [-0.39, 0.29) is 10.8 Å². The van der Waals surface area contributed by atoms with E-state index in [2.05, 4.69) is 4.74 Å². The molecular formula is C15H17NO4S2. The highest BCUT2D eigenvalue weighted by atomic mass is 32.2. The van der Waals surface area contributed by atoms with Crippen LogP contribution in [0.5, 0.6) is 0 Å². The third-order valence-electron chi connectivity index (χ3n) is 3.23. The van der Waals surface area contributed by atoms with Crippen molar-refractivity contribution in [3.63, 3.8) is 0 Å². The van der Waals surface area contributed by atoms with Gasteiger partial charge in [0.2, 0.25) is 0 Å². The summed E-state index contributed by atoms with van der Waals surface area (Å²) < 4.78 is 31.7. The number of sulfonamides is 1. The third kappa shape index (κ3) is 3.15. The van der Waals surface area contributed by atoms with Gasteiger partial charge in [-0.05, 0) is 36.4 Å². The largest absolute Gasteiger partial charge is 0.468 e. The fourth-order valence-corrected chi connectivity index (χ4v) is 4.83. The highest BCUT2D eigenvalue weighted by Gasteiger charge is 2.30. The highest BCUT2D eigenvalue weighted by molar-refractivity contribution is 7.94. The summed E-state index contributed by atoms with van der Waals surface area (Å²) in [4.78, 5) is 11.7. The molecule has 2 aromatic rings. The van der Waals surface area contributed by atoms with Crippen LogP contribution in [0.25, 0.3) is 0 Å². The lowest BCUT2D eigenvalue weighted by atomic mass is 10.1. The van der Waals surface area contributed by atoms with Gasteiger partial charge in [-0.2, -0.15) is 0 Å². The van der Waals surface area contributed by atoms with E-state index in [9.17, 15) is 13.2 Å². The number of esters is 1. The Balaban J connectivity index is 2.60. The molecule has 2 rings (SSSR count). The Hall–Kier alpha value is -1.86. The molecule has 0 aliphatic heterocycles. The molecule has 0 aliphatic carbocycles. The highest BCUT2D eigenvalue weighted by Crippen LogP contribution is 2.31. The summed E-state index contributed by atoms with van der Waals surface area (Å²) in [5, 5.41) is 1.69. The van der Waals surface area contributed by atoms with E-state index in [1.54, 1.807) is 11.4 Å². The molecule has 118 valence electrons. The zero-order valence-electron chi connectivity index (χ0n) is 12.6. The quantitative estimate of drug-likeness (QED) is 0.786. The van der Waals surface area contributed by atoms with Crippen LogP contribution in [-0.2, 0) is 19.6 Å². The topological polar surface area (TPSA) is 63.7 Å². The first-order chi connectivity index (χ1) is 10.4. The van der Waals surface area contributed by atoms with Crippen molar-refractivity contribution in [3.8, 4) is 0 Å². The molecule has 7 heteroatoms. The number of hydrogen-bond donors (Lipinski definition) is 0. The SMILES string of the molecule is COC(=O)CN(c1c(C)cccc1C)S(=O)(=O)c1cccs1. The maximum atomic E-state index is 12.9. The number of ether oxygens (including phenoxy) is 1. The maximum absolute atomic E-state index is 12.9. The van der Waals surface area contributed by atoms with Gasteiger partial charge in [-0.1, -0.05) is 24.3 Å². The van der Waals surface area contributed by atoms with Crippen LogP contribution in [0.3, 0.4) is 0 Å². The van der Waals surface area contributed by atoms with Crippen molar-refractivity contribution in [1.29, 1.82) is 0 Å². The Morgan fingerprint density at radius 2 is 1.82 bits per heavy atom. The van der Waals surface area contributed by atoms with Gasteiger partial charge in [0, 0.05) is 0 Å². The van der Waals surface area contributed by atoms with Crippen LogP contribution in [-0.4, -0.2) is 28.0 Å². The number of rotatable bonds is 5. The summed E-state index contributed by atoms with van der Waals surface area (Å²) in [6, 6.07) is 8.67. The number of para-hydroxylation sites is 1. The fourth-order valence-electron chi connectivity index (χ4n) is 2.18. The van der Waals surface area contributed by atoms with Gasteiger partial charge in [-0.25, -0.2) is 8.42 Å². The summed E-state index contributed by atoms with van der Waals surface area (Å²) in [6.45, 7) is 3.27. The summed E-state index contributed by atoms with van der Waals surface area (Å²) >= 11 is 1.12. The second-order valence-corrected chi connectivity index (χ2v) is 7.80. The normalized spacial score (nSPS) is 11.2. The first-order valence-electron chi connectivity index (χ1n) is 6.57. The zero-order chi connectivity index (χ0) is 16.3. The molecule has 0 aliphatic rings. The molecular weight excluding hydrogens is 322 g/mol. The molecule has 0 amide bonds. The molecule has 0 radical (unpaired) electrons. The second-order valence-electron chi connectivity index (χ2n) is 4.76. The van der Waals surface area contributed by atoms with Crippen molar-refractivity contribution < 1.29 is 17.9 Å². The van der Waals surface area contributed by atoms with Gasteiger partial charge in [0.05, 0.1) is 12.8 Å². The van der Waals surface area contributed by atoms with Gasteiger partial charge in [0.1, 0.15) is 10.8 Å². The van der Waals surface area contributed by atoms with Gasteiger partial charge in [0.15, 0.2) is 0 Å². The van der Waals surface area contributed by atoms with Gasteiger partial charge in [-0.15, -0.1) is 11.3 Å². The van der Waals surface area contributed by atoms with Crippen LogP contribution in [0.4, 0.5) is 5.69 Å². The van der Waals surface area contributed by atoms with Crippen LogP contribution < -0.4 is 4.31 Å². The molecule has 1 heterocycles. The predicted octanol–water partition coefficient (Wildman–Crippen LogP) is 2.73. The summed E-state index contributed by atoms with van der Waals surface area (Å²) in [5.74, 6) is -0.609. The van der Waals surface area contributed by atoms with Crippen molar-refractivity contribution >= 4 is 33.0 Å². The smallest absolute Gasteiger partial charge is 0.326 e. The molecule has 1 aromatic heterocycles. The number of hydrogen-bond acceptors (Lipinski definition) is 5. The summed E-state index contributed by atoms with van der Waals surface area (Å²) in [5.41, 5.74) is 2.08. The Kier molecular flexibility index (Phi) is 4.87. The van der Waals surface area contributed by atoms with E-state index in [4.69, 9.17) is 0 Å². The minimum atomic E-state index is -3.81. The van der Waals surface area contributed by atoms with Gasteiger partial charge in [-0.3, -0.25) is 9.10 Å². The number of thiophene rings is 1. The van der Waals surface area contributed by atoms with Crippen LogP contribution in [0.1, 0.15) is 11.1 Å². The fraction of sp³-hybridized carbons (Fsp3) is 0.267. The lowest BCUT2D eigenvalue weighted by Gasteiger charge is -2.25. The number of aryl methyl sites for hydroxylation is 2. The van der Waals surface area contributed by atoms with E-state index in [1.807, 2.05) is 32.0 Å². The number of carbonyl (C=O) groups is 1. The third-order valence-corrected chi connectivity index (χ3v) is 6.35. The zero-order valence-corrected chi connectivity index (χ0v) is 14.2. The molecule has 0 saturated carbocycles. The lowest BCUT2D eigenvalue weighted by molar-refractivity contribution is -0.138. The molecule has 0 bridgehead atoms. The van der Waals surface area contributed by atoms with Crippen molar-refractivity contribution in [2.45, 2.75) is 18.1 Å². The number of carbonyl (C=O) groups excluding carboxylic acids is 1. The van der Waals surface area contributed by atoms with Crippen molar-refractivity contribution in [3.05, 3.63) is 46.8 Å². The molecule has 0 atom stereocenters. The number of nitrogens with zero attached hydrogens (tertiary/aromatic N) is 1. The average molecular weight is 339 g/mol. The first kappa shape index (κ1) is 16.5. The average Bonchev–Trinajstić information content (AvgIpc) is 3.00. The van der Waals surface area contributed by atoms with Gasteiger partial charge >= 0.3 is 5.97 Å². The maximum Gasteiger partial charge on any atom is 0.326 e. The van der Waals surface area contributed by atoms with Crippen molar-refractivity contribution in [1.82, 2.24) is 0 Å². The Morgan fingerprint density at radius 3 is 2.32 bits per heavy atom. The van der Waals surface area contributed by atoms with Crippen LogP contribution in [0, 0.1) is 13.8 Å². The predicted molar refractivity (Wildman–Crippen MR) is 86.8 cm³/mol. The van der Waals surface area contributed by atoms with Crippen LogP contribution in [0.2, 0.25) is 0 Å². The Bertz CT molecular complexity index is 747. The molecule has 0 fully saturated rings. The van der Waals surface area contributed by atoms with E-state index in [0.717, 1.165) is 26.8 Å². The van der Waals surface area contributed by atoms with E-state index < -0.39 is 16.0 Å². The van der Waals surface area contributed by atoms with E-state index in [1.165, 1.54) is 13.2 Å². The lowest BCUT2D eigenvalue weighted by Crippen LogP contribution is -2.36. The van der Waals surface area contributed by atoms with Gasteiger partial charge in [0.25, 0.3) is 10.0 Å². The molecule has 0 saturated heterocycles. The van der Waals surface area contributed by atoms with Crippen molar-refractivity contribution in [2.24, 2.45) is 0 Å². The Morgan fingerprint density at radius 1 is 1.18 bits per heavy atom. The minimum absolute atomic E-state index is 0.194. The molecule has 0 unspecified atom stereocenters. The summed E-state index contributed by atoms with van der Waals surface area (Å²) in [6.07, 6.45) is 0. The Labute approximate surface area is 134 Å². The number of methoxy groups -OCH3 is 1. The van der Waals surface area contributed by atoms with Crippen molar-refractivity contribution in [2.75, 3.05) is 18.0 Å². The molecule has 1 aromatic carbocycles. The van der Waals surface area contributed by atoms with E-state index >= 15 is 0 Å². The molecule has 0 spiro atoms. The number of benzene rings is 1. The monoisotopic (exact) mass is 339 g/mol. The molecule has 0 N–H and O–H groups in total. The first-order valence-corrected chi connectivity index (χ1v) is 8.89. The molecule has 22 heavy (non-hydrogen) atoms. The minimum Gasteiger partial charge on any atom is -0.468 e. The second kappa shape index (κ2) is 6.50. The van der Waals surface area contributed by atoms with Crippen LogP contribution in [0.15, 0.2) is 39.9 Å². The standard InChI is InChI=1S/C15H17NO4S2/c1-11-6-4-7-12(2)15(11)16(10-13(17)20-3)22(18,19)14-8-5-9-21-14/h4-9H,10H2,1-3H3. The molecule has 5 nitrogen and oxygen atoms in total.